The maximum absolute atomic E-state index is 11.9. The quantitative estimate of drug-likeness (QED) is 0.452. The van der Waals surface area contributed by atoms with E-state index in [9.17, 15) is 19.8 Å². The monoisotopic (exact) mass is 428 g/mol. The van der Waals surface area contributed by atoms with E-state index in [2.05, 4.69) is 4.57 Å². The predicted octanol–water partition coefficient (Wildman–Crippen LogP) is -0.448. The Morgan fingerprint density at radius 3 is 1.83 bits per heavy atom. The maximum atomic E-state index is 11.9. The van der Waals surface area contributed by atoms with Crippen LogP contribution in [0.25, 0.3) is 0 Å². The average molecular weight is 429 g/mol. The van der Waals surface area contributed by atoms with Gasteiger partial charge in [0.1, 0.15) is 18.9 Å². The van der Waals surface area contributed by atoms with Crippen molar-refractivity contribution in [2.24, 2.45) is 18.9 Å². The SMILES string of the molecule is C[n+]1ccn(Cc2ccc(C[C@H](C(=O)O)[C@H](Cc3ccccc3)C(=O)O)cc2)c1.[Cl-]. The fourth-order valence-electron chi connectivity index (χ4n) is 3.51. The van der Waals surface area contributed by atoms with Crippen LogP contribution in [0, 0.1) is 11.8 Å². The minimum atomic E-state index is -1.09. The van der Waals surface area contributed by atoms with E-state index in [4.69, 9.17) is 0 Å². The number of aryl methyl sites for hydroxylation is 1. The maximum Gasteiger partial charge on any atom is 0.307 e. The van der Waals surface area contributed by atoms with E-state index in [1.165, 1.54) is 0 Å². The molecule has 0 spiro atoms. The molecule has 0 saturated carbocycles. The Kier molecular flexibility index (Phi) is 8.18. The van der Waals surface area contributed by atoms with E-state index in [0.717, 1.165) is 23.2 Å². The lowest BCUT2D eigenvalue weighted by Crippen LogP contribution is -3.00. The first-order valence-corrected chi connectivity index (χ1v) is 9.50. The number of aliphatic carboxylic acids is 2. The predicted molar refractivity (Wildman–Crippen MR) is 107 cm³/mol. The first-order chi connectivity index (χ1) is 13.9. The van der Waals surface area contributed by atoms with Gasteiger partial charge in [-0.25, -0.2) is 9.13 Å². The van der Waals surface area contributed by atoms with Gasteiger partial charge >= 0.3 is 11.9 Å². The van der Waals surface area contributed by atoms with Crippen LogP contribution >= 0.6 is 0 Å². The Bertz CT molecular complexity index is 970. The van der Waals surface area contributed by atoms with Gasteiger partial charge in [0, 0.05) is 0 Å². The van der Waals surface area contributed by atoms with Crippen molar-refractivity contribution >= 4 is 11.9 Å². The molecule has 0 aliphatic rings. The van der Waals surface area contributed by atoms with Crippen LogP contribution in [-0.2, 0) is 36.0 Å². The van der Waals surface area contributed by atoms with Crippen LogP contribution in [0.1, 0.15) is 16.7 Å². The number of imidazole rings is 1. The molecule has 1 aromatic heterocycles. The van der Waals surface area contributed by atoms with E-state index < -0.39 is 23.8 Å². The summed E-state index contributed by atoms with van der Waals surface area (Å²) in [6.07, 6.45) is 6.29. The van der Waals surface area contributed by atoms with Crippen LogP contribution in [0.15, 0.2) is 73.3 Å². The van der Waals surface area contributed by atoms with Crippen LogP contribution in [-0.4, -0.2) is 26.7 Å². The summed E-state index contributed by atoms with van der Waals surface area (Å²) in [5, 5.41) is 19.4. The van der Waals surface area contributed by atoms with Crippen LogP contribution in [0.3, 0.4) is 0 Å². The molecule has 30 heavy (non-hydrogen) atoms. The summed E-state index contributed by atoms with van der Waals surface area (Å²) in [6, 6.07) is 16.8. The Hall–Kier alpha value is -3.12. The van der Waals surface area contributed by atoms with Crippen molar-refractivity contribution < 1.29 is 36.8 Å². The highest BCUT2D eigenvalue weighted by atomic mass is 35.5. The van der Waals surface area contributed by atoms with Crippen molar-refractivity contribution in [1.82, 2.24) is 4.57 Å². The number of carboxylic acid groups (broad SMARTS) is 2. The van der Waals surface area contributed by atoms with E-state index in [1.54, 1.807) is 0 Å². The van der Waals surface area contributed by atoms with Crippen LogP contribution in [0.2, 0.25) is 0 Å². The van der Waals surface area contributed by atoms with Gasteiger partial charge < -0.3 is 22.6 Å². The summed E-state index contributed by atoms with van der Waals surface area (Å²) >= 11 is 0. The molecule has 0 aliphatic heterocycles. The molecule has 2 atom stereocenters. The summed E-state index contributed by atoms with van der Waals surface area (Å²) in [5.41, 5.74) is 2.73. The molecule has 0 aliphatic carbocycles. The van der Waals surface area contributed by atoms with Gasteiger partial charge in [0.25, 0.3) is 0 Å². The number of halogens is 1. The molecular formula is C23H25ClN2O4. The molecule has 2 N–H and O–H groups in total. The second-order valence-electron chi connectivity index (χ2n) is 7.35. The summed E-state index contributed by atoms with van der Waals surface area (Å²) in [7, 11) is 1.96. The van der Waals surface area contributed by atoms with Gasteiger partial charge in [-0.15, -0.1) is 0 Å². The molecule has 2 aromatic carbocycles. The van der Waals surface area contributed by atoms with Gasteiger partial charge in [-0.1, -0.05) is 54.6 Å². The second-order valence-corrected chi connectivity index (χ2v) is 7.35. The highest BCUT2D eigenvalue weighted by Crippen LogP contribution is 2.23. The zero-order chi connectivity index (χ0) is 20.8. The summed E-state index contributed by atoms with van der Waals surface area (Å²) in [4.78, 5) is 23.7. The van der Waals surface area contributed by atoms with Gasteiger partial charge in [0.15, 0.2) is 0 Å². The lowest BCUT2D eigenvalue weighted by atomic mass is 9.82. The number of hydrogen-bond acceptors (Lipinski definition) is 2. The topological polar surface area (TPSA) is 83.4 Å². The third-order valence-corrected chi connectivity index (χ3v) is 5.09. The second kappa shape index (κ2) is 10.6. The number of hydrogen-bond donors (Lipinski definition) is 2. The minimum absolute atomic E-state index is 0. The van der Waals surface area contributed by atoms with Gasteiger partial charge in [-0.2, -0.15) is 0 Å². The third kappa shape index (κ3) is 6.19. The minimum Gasteiger partial charge on any atom is -1.00 e. The normalized spacial score (nSPS) is 12.6. The van der Waals surface area contributed by atoms with Crippen LogP contribution in [0.5, 0.6) is 0 Å². The average Bonchev–Trinajstić information content (AvgIpc) is 3.11. The van der Waals surface area contributed by atoms with Crippen molar-refractivity contribution in [2.75, 3.05) is 0 Å². The molecule has 0 radical (unpaired) electrons. The first kappa shape index (κ1) is 23.2. The molecular weight excluding hydrogens is 404 g/mol. The molecule has 6 nitrogen and oxygen atoms in total. The molecule has 1 heterocycles. The molecule has 3 rings (SSSR count). The number of nitrogens with zero attached hydrogens (tertiary/aromatic N) is 2. The lowest BCUT2D eigenvalue weighted by Gasteiger charge is -2.21. The highest BCUT2D eigenvalue weighted by Gasteiger charge is 2.34. The summed E-state index contributed by atoms with van der Waals surface area (Å²) in [6.45, 7) is 0.717. The van der Waals surface area contributed by atoms with E-state index in [0.29, 0.717) is 0 Å². The molecule has 3 aromatic rings. The van der Waals surface area contributed by atoms with Gasteiger partial charge in [-0.3, -0.25) is 9.59 Å². The lowest BCUT2D eigenvalue weighted by molar-refractivity contribution is -0.671. The Morgan fingerprint density at radius 1 is 0.867 bits per heavy atom. The summed E-state index contributed by atoms with van der Waals surface area (Å²) < 4.78 is 4.01. The fourth-order valence-corrected chi connectivity index (χ4v) is 3.51. The van der Waals surface area contributed by atoms with Gasteiger partial charge in [0.2, 0.25) is 6.33 Å². The zero-order valence-corrected chi connectivity index (χ0v) is 17.4. The van der Waals surface area contributed by atoms with Crippen LogP contribution in [0.4, 0.5) is 0 Å². The third-order valence-electron chi connectivity index (χ3n) is 5.09. The Morgan fingerprint density at radius 2 is 1.37 bits per heavy atom. The molecule has 0 bridgehead atoms. The molecule has 0 unspecified atom stereocenters. The van der Waals surface area contributed by atoms with Crippen molar-refractivity contribution in [3.8, 4) is 0 Å². The standard InChI is InChI=1S/C23H24N2O4.ClH/c1-24-11-12-25(16-24)15-19-9-7-18(8-10-19)14-21(23(28)29)20(22(26)27)13-17-5-3-2-4-6-17;/h2-12,16,20-21H,13-15H2,1H3,(H-,26,27,28,29);1H/t20-,21-;/m0./s1. The van der Waals surface area contributed by atoms with Crippen molar-refractivity contribution in [3.05, 3.63) is 90.0 Å². The van der Waals surface area contributed by atoms with Gasteiger partial charge in [0.05, 0.1) is 18.9 Å². The Labute approximate surface area is 181 Å². The van der Waals surface area contributed by atoms with Crippen molar-refractivity contribution in [3.63, 3.8) is 0 Å². The molecule has 158 valence electrons. The zero-order valence-electron chi connectivity index (χ0n) is 16.7. The summed E-state index contributed by atoms with van der Waals surface area (Å²) in [5.74, 6) is -4.16. The number of carbonyl (C=O) groups is 2. The smallest absolute Gasteiger partial charge is 0.307 e. The van der Waals surface area contributed by atoms with E-state index in [1.807, 2.05) is 84.9 Å². The molecule has 7 heteroatoms. The van der Waals surface area contributed by atoms with E-state index >= 15 is 0 Å². The van der Waals surface area contributed by atoms with Crippen LogP contribution < -0.4 is 17.0 Å². The number of carboxylic acids is 2. The molecule has 0 fully saturated rings. The number of aromatic nitrogens is 2. The largest absolute Gasteiger partial charge is 1.00 e. The van der Waals surface area contributed by atoms with Crippen molar-refractivity contribution in [2.45, 2.75) is 19.4 Å². The van der Waals surface area contributed by atoms with E-state index in [-0.39, 0.29) is 25.2 Å². The van der Waals surface area contributed by atoms with Gasteiger partial charge in [-0.05, 0) is 29.5 Å². The fraction of sp³-hybridized carbons (Fsp3) is 0.261. The Balaban J connectivity index is 0.00000320. The first-order valence-electron chi connectivity index (χ1n) is 9.50. The highest BCUT2D eigenvalue weighted by molar-refractivity contribution is 5.80. The number of benzene rings is 2. The molecule has 0 amide bonds. The number of rotatable bonds is 9. The van der Waals surface area contributed by atoms with Crippen molar-refractivity contribution in [1.29, 1.82) is 0 Å². The molecule has 0 saturated heterocycles.